The lowest BCUT2D eigenvalue weighted by atomic mass is 9.97. The lowest BCUT2D eigenvalue weighted by molar-refractivity contribution is 0.631. The molecule has 0 aliphatic rings. The number of hydrogen-bond acceptors (Lipinski definition) is 3. The standard InChI is InChI=1S/C47H33FN4/c1-30-21-24-36(31(2)27-30)34-22-25-40-39-18-10-12-20-43(39)52(44(40)28-34)35-23-26-37(38-17-9-11-19-42(38)48)41(29-35)47-50-45(32-13-5-3-6-14-32)49-46(51-47)33-15-7-4-8-16-33/h3-29H,1-2H3. The quantitative estimate of drug-likeness (QED) is 0.177. The molecular weight excluding hydrogens is 640 g/mol. The van der Waals surface area contributed by atoms with Crippen LogP contribution in [0.1, 0.15) is 11.1 Å². The number of halogens is 1. The number of aromatic nitrogens is 4. The molecule has 0 saturated carbocycles. The van der Waals surface area contributed by atoms with Gasteiger partial charge in [0.25, 0.3) is 0 Å². The molecule has 0 saturated heterocycles. The minimum atomic E-state index is -0.313. The first-order valence-electron chi connectivity index (χ1n) is 17.4. The SMILES string of the molecule is Cc1ccc(-c2ccc3c4ccccc4n(-c4ccc(-c5ccccc5F)c(-c5nc(-c6ccccc6)nc(-c6ccccc6)n5)c4)c3c2)c(C)c1. The van der Waals surface area contributed by atoms with Gasteiger partial charge in [-0.05, 0) is 66.4 Å². The summed E-state index contributed by atoms with van der Waals surface area (Å²) in [6.45, 7) is 4.29. The van der Waals surface area contributed by atoms with Crippen LogP contribution in [0.2, 0.25) is 0 Å². The Labute approximate surface area is 301 Å². The van der Waals surface area contributed by atoms with E-state index in [1.54, 1.807) is 6.07 Å². The third kappa shape index (κ3) is 5.53. The lowest BCUT2D eigenvalue weighted by Gasteiger charge is -2.16. The van der Waals surface area contributed by atoms with Gasteiger partial charge in [0.05, 0.1) is 11.0 Å². The topological polar surface area (TPSA) is 43.6 Å². The van der Waals surface area contributed by atoms with Gasteiger partial charge in [-0.3, -0.25) is 0 Å². The second-order valence-corrected chi connectivity index (χ2v) is 13.2. The first-order chi connectivity index (χ1) is 25.5. The van der Waals surface area contributed by atoms with Crippen molar-refractivity contribution in [3.8, 4) is 62.1 Å². The van der Waals surface area contributed by atoms with Gasteiger partial charge < -0.3 is 4.57 Å². The maximum absolute atomic E-state index is 15.7. The van der Waals surface area contributed by atoms with Crippen LogP contribution < -0.4 is 0 Å². The predicted octanol–water partition coefficient (Wildman–Crippen LogP) is 12.1. The highest BCUT2D eigenvalue weighted by Crippen LogP contribution is 2.39. The molecule has 2 heterocycles. The third-order valence-corrected chi connectivity index (χ3v) is 9.73. The van der Waals surface area contributed by atoms with Gasteiger partial charge in [-0.2, -0.15) is 0 Å². The smallest absolute Gasteiger partial charge is 0.164 e. The van der Waals surface area contributed by atoms with Crippen LogP contribution in [-0.4, -0.2) is 19.5 Å². The molecule has 0 aliphatic carbocycles. The van der Waals surface area contributed by atoms with Gasteiger partial charge in [0, 0.05) is 38.7 Å². The summed E-state index contributed by atoms with van der Waals surface area (Å²) in [6, 6.07) is 54.6. The Morgan fingerprint density at radius 2 is 1.04 bits per heavy atom. The summed E-state index contributed by atoms with van der Waals surface area (Å²) in [4.78, 5) is 15.1. The molecule has 7 aromatic carbocycles. The first-order valence-corrected chi connectivity index (χ1v) is 17.4. The van der Waals surface area contributed by atoms with Crippen LogP contribution in [0.4, 0.5) is 4.39 Å². The predicted molar refractivity (Wildman–Crippen MR) is 211 cm³/mol. The van der Waals surface area contributed by atoms with Crippen LogP contribution in [0.25, 0.3) is 83.9 Å². The lowest BCUT2D eigenvalue weighted by Crippen LogP contribution is -2.03. The van der Waals surface area contributed by atoms with Crippen molar-refractivity contribution in [2.45, 2.75) is 13.8 Å². The largest absolute Gasteiger partial charge is 0.309 e. The summed E-state index contributed by atoms with van der Waals surface area (Å²) in [5.41, 5.74) is 11.5. The van der Waals surface area contributed by atoms with Crippen molar-refractivity contribution in [1.29, 1.82) is 0 Å². The molecule has 9 rings (SSSR count). The highest BCUT2D eigenvalue weighted by atomic mass is 19.1. The molecule has 2 aromatic heterocycles. The van der Waals surface area contributed by atoms with Crippen molar-refractivity contribution < 1.29 is 4.39 Å². The molecule has 0 spiro atoms. The van der Waals surface area contributed by atoms with Crippen LogP contribution in [0.15, 0.2) is 164 Å². The van der Waals surface area contributed by atoms with E-state index in [1.807, 2.05) is 78.9 Å². The molecule has 5 heteroatoms. The molecule has 0 unspecified atom stereocenters. The summed E-state index contributed by atoms with van der Waals surface area (Å²) >= 11 is 0. The minimum absolute atomic E-state index is 0.313. The maximum atomic E-state index is 15.7. The van der Waals surface area contributed by atoms with Crippen molar-refractivity contribution in [3.05, 3.63) is 181 Å². The van der Waals surface area contributed by atoms with E-state index in [1.165, 1.54) is 22.8 Å². The van der Waals surface area contributed by atoms with E-state index >= 15 is 4.39 Å². The first kappa shape index (κ1) is 31.3. The molecule has 0 bridgehead atoms. The summed E-state index contributed by atoms with van der Waals surface area (Å²) in [7, 11) is 0. The van der Waals surface area contributed by atoms with E-state index in [0.717, 1.165) is 44.2 Å². The van der Waals surface area contributed by atoms with Crippen LogP contribution in [-0.2, 0) is 0 Å². The highest BCUT2D eigenvalue weighted by molar-refractivity contribution is 6.10. The molecule has 0 aliphatic heterocycles. The van der Waals surface area contributed by atoms with E-state index in [-0.39, 0.29) is 5.82 Å². The molecule has 52 heavy (non-hydrogen) atoms. The van der Waals surface area contributed by atoms with E-state index < -0.39 is 0 Å². The molecule has 0 radical (unpaired) electrons. The third-order valence-electron chi connectivity index (χ3n) is 9.73. The van der Waals surface area contributed by atoms with E-state index in [4.69, 9.17) is 15.0 Å². The van der Waals surface area contributed by atoms with Crippen molar-refractivity contribution in [1.82, 2.24) is 19.5 Å². The van der Waals surface area contributed by atoms with Crippen molar-refractivity contribution in [2.75, 3.05) is 0 Å². The fourth-order valence-corrected chi connectivity index (χ4v) is 7.25. The minimum Gasteiger partial charge on any atom is -0.309 e. The monoisotopic (exact) mass is 672 g/mol. The molecule has 0 atom stereocenters. The molecule has 0 N–H and O–H groups in total. The fourth-order valence-electron chi connectivity index (χ4n) is 7.25. The Bertz CT molecular complexity index is 2710. The number of benzene rings is 7. The van der Waals surface area contributed by atoms with Gasteiger partial charge in [0.2, 0.25) is 0 Å². The molecule has 248 valence electrons. The number of hydrogen-bond donors (Lipinski definition) is 0. The van der Waals surface area contributed by atoms with Crippen LogP contribution in [0.5, 0.6) is 0 Å². The zero-order valence-corrected chi connectivity index (χ0v) is 28.8. The summed E-state index contributed by atoms with van der Waals surface area (Å²) in [6.07, 6.45) is 0. The highest BCUT2D eigenvalue weighted by Gasteiger charge is 2.20. The second kappa shape index (κ2) is 12.9. The zero-order chi connectivity index (χ0) is 35.2. The number of rotatable bonds is 6. The van der Waals surface area contributed by atoms with Gasteiger partial charge in [-0.1, -0.05) is 139 Å². The van der Waals surface area contributed by atoms with Gasteiger partial charge in [0.1, 0.15) is 5.82 Å². The molecule has 0 amide bonds. The van der Waals surface area contributed by atoms with Gasteiger partial charge in [-0.25, -0.2) is 19.3 Å². The van der Waals surface area contributed by atoms with E-state index in [9.17, 15) is 0 Å². The second-order valence-electron chi connectivity index (χ2n) is 13.2. The normalized spacial score (nSPS) is 11.4. The van der Waals surface area contributed by atoms with E-state index in [2.05, 4.69) is 91.2 Å². The Hall–Kier alpha value is -6.72. The van der Waals surface area contributed by atoms with Crippen LogP contribution in [0.3, 0.4) is 0 Å². The van der Waals surface area contributed by atoms with Gasteiger partial charge >= 0.3 is 0 Å². The summed E-state index contributed by atoms with van der Waals surface area (Å²) in [5, 5.41) is 2.31. The summed E-state index contributed by atoms with van der Waals surface area (Å²) < 4.78 is 18.0. The van der Waals surface area contributed by atoms with Crippen molar-refractivity contribution in [2.24, 2.45) is 0 Å². The van der Waals surface area contributed by atoms with Crippen LogP contribution in [0, 0.1) is 19.7 Å². The summed E-state index contributed by atoms with van der Waals surface area (Å²) in [5.74, 6) is 1.24. The fraction of sp³-hybridized carbons (Fsp3) is 0.0426. The van der Waals surface area contributed by atoms with Crippen LogP contribution >= 0.6 is 0 Å². The van der Waals surface area contributed by atoms with Crippen molar-refractivity contribution in [3.63, 3.8) is 0 Å². The molecule has 4 nitrogen and oxygen atoms in total. The Kier molecular flexibility index (Phi) is 7.74. The Balaban J connectivity index is 1.33. The number of para-hydroxylation sites is 1. The Morgan fingerprint density at radius 3 is 1.75 bits per heavy atom. The molecule has 0 fully saturated rings. The van der Waals surface area contributed by atoms with Gasteiger partial charge in [-0.15, -0.1) is 0 Å². The number of aryl methyl sites for hydroxylation is 2. The van der Waals surface area contributed by atoms with Gasteiger partial charge in [0.15, 0.2) is 17.5 Å². The van der Waals surface area contributed by atoms with E-state index in [0.29, 0.717) is 34.2 Å². The molecule has 9 aromatic rings. The molecular formula is C47H33FN4. The number of fused-ring (bicyclic) bond motifs is 3. The number of nitrogens with zero attached hydrogens (tertiary/aromatic N) is 4. The average molecular weight is 673 g/mol. The average Bonchev–Trinajstić information content (AvgIpc) is 3.52. The maximum Gasteiger partial charge on any atom is 0.164 e. The zero-order valence-electron chi connectivity index (χ0n) is 28.8. The Morgan fingerprint density at radius 1 is 0.423 bits per heavy atom. The van der Waals surface area contributed by atoms with Crippen molar-refractivity contribution >= 4 is 21.8 Å².